The minimum atomic E-state index is 0.163. The maximum Gasteiger partial charge on any atom is 0.226 e. The summed E-state index contributed by atoms with van der Waals surface area (Å²) in [6.07, 6.45) is 3.28. The summed E-state index contributed by atoms with van der Waals surface area (Å²) in [6, 6.07) is 7.96. The van der Waals surface area contributed by atoms with E-state index in [0.29, 0.717) is 11.8 Å². The molecule has 4 atom stereocenters. The van der Waals surface area contributed by atoms with E-state index in [0.717, 1.165) is 67.9 Å². The number of benzene rings is 1. The van der Waals surface area contributed by atoms with E-state index in [1.165, 1.54) is 0 Å². The largest absolute Gasteiger partial charge is 0.342 e. The van der Waals surface area contributed by atoms with Crippen LogP contribution in [-0.4, -0.2) is 37.0 Å². The first-order chi connectivity index (χ1) is 10.7. The van der Waals surface area contributed by atoms with E-state index < -0.39 is 0 Å². The third-order valence-electron chi connectivity index (χ3n) is 5.74. The quantitative estimate of drug-likeness (QED) is 0.909. The number of carbonyl (C=O) groups is 1. The lowest BCUT2D eigenvalue weighted by atomic mass is 9.92. The highest BCUT2D eigenvalue weighted by Crippen LogP contribution is 2.50. The summed E-state index contributed by atoms with van der Waals surface area (Å²) in [5.74, 6) is 2.41. The summed E-state index contributed by atoms with van der Waals surface area (Å²) < 4.78 is 0. The Balaban J connectivity index is 1.40. The third kappa shape index (κ3) is 2.65. The average Bonchev–Trinajstić information content (AvgIpc) is 3.24. The van der Waals surface area contributed by atoms with Crippen molar-refractivity contribution in [3.8, 4) is 0 Å². The number of likely N-dealkylation sites (tertiary alicyclic amines) is 1. The normalized spacial score (nSPS) is 34.1. The molecule has 1 N–H and O–H groups in total. The molecule has 0 aromatic heterocycles. The van der Waals surface area contributed by atoms with Gasteiger partial charge in [-0.1, -0.05) is 29.8 Å². The first-order valence-corrected chi connectivity index (χ1v) is 8.86. The van der Waals surface area contributed by atoms with Crippen LogP contribution in [0.1, 0.15) is 30.7 Å². The van der Waals surface area contributed by atoms with Crippen molar-refractivity contribution < 1.29 is 4.79 Å². The van der Waals surface area contributed by atoms with Crippen molar-refractivity contribution >= 4 is 17.5 Å². The first-order valence-electron chi connectivity index (χ1n) is 8.48. The highest BCUT2D eigenvalue weighted by atomic mass is 35.5. The number of nitrogens with one attached hydrogen (secondary N) is 1. The van der Waals surface area contributed by atoms with Crippen molar-refractivity contribution in [1.82, 2.24) is 10.2 Å². The summed E-state index contributed by atoms with van der Waals surface area (Å²) in [5.41, 5.74) is 1.15. The SMILES string of the molecule is O=C(C1CC1c1ccccc1Cl)N1CC[C@@H]2CNC[C@@H]2CC1. The van der Waals surface area contributed by atoms with Gasteiger partial charge >= 0.3 is 0 Å². The molecule has 1 aliphatic carbocycles. The molecule has 22 heavy (non-hydrogen) atoms. The van der Waals surface area contributed by atoms with Gasteiger partial charge in [-0.3, -0.25) is 4.79 Å². The number of hydrogen-bond donors (Lipinski definition) is 1. The van der Waals surface area contributed by atoms with Gasteiger partial charge in [0.15, 0.2) is 0 Å². The van der Waals surface area contributed by atoms with Gasteiger partial charge in [0.1, 0.15) is 0 Å². The number of nitrogens with zero attached hydrogens (tertiary/aromatic N) is 1. The molecular formula is C18H23ClN2O. The van der Waals surface area contributed by atoms with Crippen LogP contribution in [0.15, 0.2) is 24.3 Å². The minimum Gasteiger partial charge on any atom is -0.342 e. The summed E-state index contributed by atoms with van der Waals surface area (Å²) in [5, 5.41) is 4.29. The molecule has 3 nitrogen and oxygen atoms in total. The maximum absolute atomic E-state index is 12.8. The van der Waals surface area contributed by atoms with E-state index in [4.69, 9.17) is 11.6 Å². The minimum absolute atomic E-state index is 0.163. The summed E-state index contributed by atoms with van der Waals surface area (Å²) in [6.45, 7) is 4.15. The number of rotatable bonds is 2. The van der Waals surface area contributed by atoms with Crippen molar-refractivity contribution in [2.45, 2.75) is 25.2 Å². The van der Waals surface area contributed by atoms with E-state index in [-0.39, 0.29) is 5.92 Å². The predicted octanol–water partition coefficient (Wildman–Crippen LogP) is 2.90. The van der Waals surface area contributed by atoms with Crippen LogP contribution in [0.2, 0.25) is 5.02 Å². The number of amides is 1. The lowest BCUT2D eigenvalue weighted by Crippen LogP contribution is -2.34. The molecule has 0 bridgehead atoms. The predicted molar refractivity (Wildman–Crippen MR) is 88.0 cm³/mol. The Kier molecular flexibility index (Phi) is 3.87. The van der Waals surface area contributed by atoms with Crippen LogP contribution in [0.4, 0.5) is 0 Å². The lowest BCUT2D eigenvalue weighted by molar-refractivity contribution is -0.132. The van der Waals surface area contributed by atoms with E-state index in [2.05, 4.69) is 16.3 Å². The molecule has 1 amide bonds. The molecule has 0 spiro atoms. The number of carbonyl (C=O) groups excluding carboxylic acids is 1. The Morgan fingerprint density at radius 3 is 2.50 bits per heavy atom. The van der Waals surface area contributed by atoms with Crippen LogP contribution in [0.25, 0.3) is 0 Å². The van der Waals surface area contributed by atoms with Gasteiger partial charge in [-0.25, -0.2) is 0 Å². The Morgan fingerprint density at radius 2 is 1.82 bits per heavy atom. The summed E-state index contributed by atoms with van der Waals surface area (Å²) >= 11 is 6.27. The summed E-state index contributed by atoms with van der Waals surface area (Å²) in [7, 11) is 0. The Labute approximate surface area is 137 Å². The molecule has 1 saturated carbocycles. The fraction of sp³-hybridized carbons (Fsp3) is 0.611. The smallest absolute Gasteiger partial charge is 0.226 e. The van der Waals surface area contributed by atoms with E-state index in [1.54, 1.807) is 0 Å². The molecule has 2 aliphatic heterocycles. The maximum atomic E-state index is 12.8. The molecule has 4 rings (SSSR count). The molecule has 1 aromatic carbocycles. The standard InChI is InChI=1S/C18H23ClN2O/c19-17-4-2-1-3-14(17)15-9-16(15)18(22)21-7-5-12-10-20-11-13(12)6-8-21/h1-4,12-13,15-16,20H,5-11H2/t12-,13+,15?,16?. The van der Waals surface area contributed by atoms with Crippen molar-refractivity contribution in [2.75, 3.05) is 26.2 Å². The van der Waals surface area contributed by atoms with Gasteiger partial charge in [-0.05, 0) is 61.7 Å². The van der Waals surface area contributed by atoms with Crippen molar-refractivity contribution in [2.24, 2.45) is 17.8 Å². The third-order valence-corrected chi connectivity index (χ3v) is 6.09. The fourth-order valence-corrected chi connectivity index (χ4v) is 4.54. The highest BCUT2D eigenvalue weighted by Gasteiger charge is 2.47. The molecular weight excluding hydrogens is 296 g/mol. The highest BCUT2D eigenvalue weighted by molar-refractivity contribution is 6.31. The van der Waals surface area contributed by atoms with Gasteiger partial charge in [0.25, 0.3) is 0 Å². The van der Waals surface area contributed by atoms with Crippen LogP contribution in [0.3, 0.4) is 0 Å². The molecule has 3 aliphatic rings. The van der Waals surface area contributed by atoms with Gasteiger partial charge < -0.3 is 10.2 Å². The molecule has 1 aromatic rings. The van der Waals surface area contributed by atoms with Crippen LogP contribution < -0.4 is 5.32 Å². The number of halogens is 1. The molecule has 0 radical (unpaired) electrons. The van der Waals surface area contributed by atoms with Crippen molar-refractivity contribution in [3.05, 3.63) is 34.9 Å². The van der Waals surface area contributed by atoms with Crippen LogP contribution in [0.5, 0.6) is 0 Å². The van der Waals surface area contributed by atoms with Gasteiger partial charge in [0.2, 0.25) is 5.91 Å². The van der Waals surface area contributed by atoms with E-state index in [1.807, 2.05) is 18.2 Å². The topological polar surface area (TPSA) is 32.3 Å². The second-order valence-corrected chi connectivity index (χ2v) is 7.46. The Morgan fingerprint density at radius 1 is 1.14 bits per heavy atom. The van der Waals surface area contributed by atoms with Crippen molar-refractivity contribution in [1.29, 1.82) is 0 Å². The van der Waals surface area contributed by atoms with Gasteiger partial charge in [-0.2, -0.15) is 0 Å². The van der Waals surface area contributed by atoms with Gasteiger partial charge in [-0.15, -0.1) is 0 Å². The zero-order valence-electron chi connectivity index (χ0n) is 12.8. The molecule has 2 unspecified atom stereocenters. The molecule has 2 heterocycles. The number of hydrogen-bond acceptors (Lipinski definition) is 2. The molecule has 4 heteroatoms. The van der Waals surface area contributed by atoms with Gasteiger partial charge in [0, 0.05) is 24.0 Å². The summed E-state index contributed by atoms with van der Waals surface area (Å²) in [4.78, 5) is 14.9. The monoisotopic (exact) mass is 318 g/mol. The molecule has 3 fully saturated rings. The Bertz CT molecular complexity index is 562. The van der Waals surface area contributed by atoms with Crippen LogP contribution >= 0.6 is 11.6 Å². The second kappa shape index (κ2) is 5.86. The average molecular weight is 319 g/mol. The van der Waals surface area contributed by atoms with E-state index >= 15 is 0 Å². The number of fused-ring (bicyclic) bond motifs is 1. The molecule has 118 valence electrons. The Hall–Kier alpha value is -1.06. The van der Waals surface area contributed by atoms with Crippen molar-refractivity contribution in [3.63, 3.8) is 0 Å². The van der Waals surface area contributed by atoms with Crippen LogP contribution in [-0.2, 0) is 4.79 Å². The lowest BCUT2D eigenvalue weighted by Gasteiger charge is -2.21. The zero-order valence-corrected chi connectivity index (χ0v) is 13.6. The zero-order chi connectivity index (χ0) is 15.1. The second-order valence-electron chi connectivity index (χ2n) is 7.05. The van der Waals surface area contributed by atoms with E-state index in [9.17, 15) is 4.79 Å². The first kappa shape index (κ1) is 14.5. The van der Waals surface area contributed by atoms with Gasteiger partial charge in [0.05, 0.1) is 0 Å². The van der Waals surface area contributed by atoms with Crippen LogP contribution in [0, 0.1) is 17.8 Å². The molecule has 2 saturated heterocycles. The fourth-order valence-electron chi connectivity index (χ4n) is 4.26.